The Morgan fingerprint density at radius 1 is 0.952 bits per heavy atom. The summed E-state index contributed by atoms with van der Waals surface area (Å²) in [6, 6.07) is 0. The lowest BCUT2D eigenvalue weighted by atomic mass is 9.79. The molecule has 2 aliphatic rings. The lowest BCUT2D eigenvalue weighted by molar-refractivity contribution is -0.133. The summed E-state index contributed by atoms with van der Waals surface area (Å²) in [4.78, 5) is 27.8. The SMILES string of the molecule is CC(=O)N1CCCN(C(=O)C[C@@H](C)C2CCCCC2)CC1. The van der Waals surface area contributed by atoms with Crippen molar-refractivity contribution in [3.63, 3.8) is 0 Å². The van der Waals surface area contributed by atoms with E-state index < -0.39 is 0 Å². The van der Waals surface area contributed by atoms with Gasteiger partial charge in [0.1, 0.15) is 0 Å². The molecule has 0 aromatic rings. The molecule has 1 heterocycles. The van der Waals surface area contributed by atoms with E-state index in [1.807, 2.05) is 9.80 Å². The van der Waals surface area contributed by atoms with Crippen molar-refractivity contribution >= 4 is 11.8 Å². The van der Waals surface area contributed by atoms with Gasteiger partial charge in [0.15, 0.2) is 0 Å². The zero-order valence-electron chi connectivity index (χ0n) is 13.6. The Balaban J connectivity index is 1.80. The van der Waals surface area contributed by atoms with Gasteiger partial charge in [0.05, 0.1) is 0 Å². The van der Waals surface area contributed by atoms with Gasteiger partial charge in [-0.3, -0.25) is 9.59 Å². The normalized spacial score (nSPS) is 22.8. The highest BCUT2D eigenvalue weighted by molar-refractivity contribution is 5.77. The first-order valence-electron chi connectivity index (χ1n) is 8.61. The Bertz CT molecular complexity index is 364. The van der Waals surface area contributed by atoms with Crippen LogP contribution in [0.1, 0.15) is 58.8 Å². The van der Waals surface area contributed by atoms with Crippen molar-refractivity contribution in [2.24, 2.45) is 11.8 Å². The molecule has 4 heteroatoms. The fraction of sp³-hybridized carbons (Fsp3) is 0.882. The van der Waals surface area contributed by atoms with Crippen molar-refractivity contribution in [2.75, 3.05) is 26.2 Å². The van der Waals surface area contributed by atoms with Crippen LogP contribution in [0.4, 0.5) is 0 Å². The molecule has 1 atom stereocenters. The molecule has 1 aliphatic heterocycles. The number of hydrogen-bond donors (Lipinski definition) is 0. The third-order valence-corrected chi connectivity index (χ3v) is 5.25. The Kier molecular flexibility index (Phi) is 6.07. The molecule has 2 rings (SSSR count). The van der Waals surface area contributed by atoms with Gasteiger partial charge in [-0.2, -0.15) is 0 Å². The molecule has 0 N–H and O–H groups in total. The molecule has 21 heavy (non-hydrogen) atoms. The number of carbonyl (C=O) groups excluding carboxylic acids is 2. The average molecular weight is 294 g/mol. The molecule has 1 saturated carbocycles. The van der Waals surface area contributed by atoms with Gasteiger partial charge in [-0.05, 0) is 18.3 Å². The largest absolute Gasteiger partial charge is 0.341 e. The van der Waals surface area contributed by atoms with Gasteiger partial charge in [-0.25, -0.2) is 0 Å². The number of amides is 2. The topological polar surface area (TPSA) is 40.6 Å². The van der Waals surface area contributed by atoms with Crippen LogP contribution in [-0.2, 0) is 9.59 Å². The van der Waals surface area contributed by atoms with E-state index in [0.29, 0.717) is 31.3 Å². The molecule has 0 aromatic carbocycles. The molecule has 0 radical (unpaired) electrons. The standard InChI is InChI=1S/C17H30N2O2/c1-14(16-7-4-3-5-8-16)13-17(21)19-10-6-9-18(11-12-19)15(2)20/h14,16H,3-13H2,1-2H3/t14-/m1/s1. The first-order chi connectivity index (χ1) is 10.1. The lowest BCUT2D eigenvalue weighted by Gasteiger charge is -2.29. The van der Waals surface area contributed by atoms with Crippen molar-refractivity contribution in [3.8, 4) is 0 Å². The molecule has 2 fully saturated rings. The maximum absolute atomic E-state index is 12.5. The van der Waals surface area contributed by atoms with Crippen molar-refractivity contribution in [3.05, 3.63) is 0 Å². The summed E-state index contributed by atoms with van der Waals surface area (Å²) in [5, 5.41) is 0. The predicted molar refractivity (Wildman–Crippen MR) is 83.8 cm³/mol. The molecule has 0 unspecified atom stereocenters. The van der Waals surface area contributed by atoms with Gasteiger partial charge >= 0.3 is 0 Å². The molecule has 4 nitrogen and oxygen atoms in total. The molecule has 0 spiro atoms. The van der Waals surface area contributed by atoms with Crippen molar-refractivity contribution < 1.29 is 9.59 Å². The molecule has 0 aromatic heterocycles. The summed E-state index contributed by atoms with van der Waals surface area (Å²) in [6.07, 6.45) is 8.22. The lowest BCUT2D eigenvalue weighted by Crippen LogP contribution is -2.37. The molecular formula is C17H30N2O2. The number of nitrogens with zero attached hydrogens (tertiary/aromatic N) is 2. The van der Waals surface area contributed by atoms with Gasteiger partial charge in [0.25, 0.3) is 0 Å². The summed E-state index contributed by atoms with van der Waals surface area (Å²) >= 11 is 0. The van der Waals surface area contributed by atoms with Gasteiger partial charge in [0, 0.05) is 39.5 Å². The third-order valence-electron chi connectivity index (χ3n) is 5.25. The molecular weight excluding hydrogens is 264 g/mol. The van der Waals surface area contributed by atoms with E-state index in [9.17, 15) is 9.59 Å². The maximum Gasteiger partial charge on any atom is 0.222 e. The average Bonchev–Trinajstić information content (AvgIpc) is 2.74. The van der Waals surface area contributed by atoms with E-state index in [2.05, 4.69) is 6.92 Å². The molecule has 1 saturated heterocycles. The second-order valence-electron chi connectivity index (χ2n) is 6.82. The summed E-state index contributed by atoms with van der Waals surface area (Å²) in [5.74, 6) is 1.66. The van der Waals surface area contributed by atoms with E-state index in [0.717, 1.165) is 25.4 Å². The highest BCUT2D eigenvalue weighted by Gasteiger charge is 2.25. The number of carbonyl (C=O) groups is 2. The fourth-order valence-electron chi connectivity index (χ4n) is 3.76. The van der Waals surface area contributed by atoms with E-state index in [1.54, 1.807) is 6.92 Å². The molecule has 2 amide bonds. The Morgan fingerprint density at radius 2 is 1.57 bits per heavy atom. The van der Waals surface area contributed by atoms with Crippen molar-refractivity contribution in [2.45, 2.75) is 58.8 Å². The van der Waals surface area contributed by atoms with Crippen LogP contribution >= 0.6 is 0 Å². The molecule has 0 bridgehead atoms. The number of rotatable bonds is 3. The first-order valence-corrected chi connectivity index (χ1v) is 8.61. The number of hydrogen-bond acceptors (Lipinski definition) is 2. The smallest absolute Gasteiger partial charge is 0.222 e. The third kappa shape index (κ3) is 4.72. The van der Waals surface area contributed by atoms with Crippen LogP contribution in [0.5, 0.6) is 0 Å². The predicted octanol–water partition coefficient (Wildman–Crippen LogP) is 2.67. The zero-order valence-corrected chi connectivity index (χ0v) is 13.6. The second kappa shape index (κ2) is 7.81. The van der Waals surface area contributed by atoms with E-state index >= 15 is 0 Å². The summed E-state index contributed by atoms with van der Waals surface area (Å²) in [7, 11) is 0. The minimum atomic E-state index is 0.125. The van der Waals surface area contributed by atoms with Crippen LogP contribution < -0.4 is 0 Å². The van der Waals surface area contributed by atoms with Crippen LogP contribution in [0, 0.1) is 11.8 Å². The Morgan fingerprint density at radius 3 is 2.24 bits per heavy atom. The highest BCUT2D eigenvalue weighted by Crippen LogP contribution is 2.31. The van der Waals surface area contributed by atoms with Gasteiger partial charge in [-0.15, -0.1) is 0 Å². The second-order valence-corrected chi connectivity index (χ2v) is 6.82. The van der Waals surface area contributed by atoms with Crippen LogP contribution in [-0.4, -0.2) is 47.8 Å². The van der Waals surface area contributed by atoms with E-state index in [-0.39, 0.29) is 5.91 Å². The molecule has 1 aliphatic carbocycles. The summed E-state index contributed by atoms with van der Waals surface area (Å²) < 4.78 is 0. The van der Waals surface area contributed by atoms with Crippen LogP contribution in [0.25, 0.3) is 0 Å². The fourth-order valence-corrected chi connectivity index (χ4v) is 3.76. The highest BCUT2D eigenvalue weighted by atomic mass is 16.2. The van der Waals surface area contributed by atoms with Gasteiger partial charge in [-0.1, -0.05) is 39.0 Å². The summed E-state index contributed by atoms with van der Waals surface area (Å²) in [5.41, 5.74) is 0. The Hall–Kier alpha value is -1.06. The quantitative estimate of drug-likeness (QED) is 0.803. The van der Waals surface area contributed by atoms with E-state index in [4.69, 9.17) is 0 Å². The summed E-state index contributed by atoms with van der Waals surface area (Å²) in [6.45, 7) is 6.85. The first kappa shape index (κ1) is 16.3. The van der Waals surface area contributed by atoms with Gasteiger partial charge < -0.3 is 9.80 Å². The van der Waals surface area contributed by atoms with Crippen molar-refractivity contribution in [1.29, 1.82) is 0 Å². The zero-order chi connectivity index (χ0) is 15.2. The molecule has 120 valence electrons. The van der Waals surface area contributed by atoms with Crippen LogP contribution in [0.3, 0.4) is 0 Å². The monoisotopic (exact) mass is 294 g/mol. The minimum Gasteiger partial charge on any atom is -0.341 e. The van der Waals surface area contributed by atoms with Gasteiger partial charge in [0.2, 0.25) is 11.8 Å². The maximum atomic E-state index is 12.5. The minimum absolute atomic E-state index is 0.125. The Labute approximate surface area is 128 Å². The van der Waals surface area contributed by atoms with E-state index in [1.165, 1.54) is 32.1 Å². The van der Waals surface area contributed by atoms with Crippen molar-refractivity contribution in [1.82, 2.24) is 9.80 Å². The van der Waals surface area contributed by atoms with Crippen LogP contribution in [0.15, 0.2) is 0 Å². The van der Waals surface area contributed by atoms with Crippen LogP contribution in [0.2, 0.25) is 0 Å².